The molecule has 0 aliphatic carbocycles. The maximum atomic E-state index is 6.78. The Kier molecular flexibility index (Phi) is 10.5. The molecular weight excluding hydrogens is 545 g/mol. The van der Waals surface area contributed by atoms with Gasteiger partial charge >= 0.3 is 223 Å². The van der Waals surface area contributed by atoms with Crippen molar-refractivity contribution in [1.82, 2.24) is 4.90 Å². The molecule has 3 heterocycles. The summed E-state index contributed by atoms with van der Waals surface area (Å²) in [4.78, 5) is 2.52. The molecule has 0 bridgehead atoms. The number of nitrogens with two attached hydrogens (primary N) is 3. The van der Waals surface area contributed by atoms with Crippen LogP contribution in [-0.2, 0) is 13.6 Å². The van der Waals surface area contributed by atoms with E-state index in [1.54, 1.807) is 0 Å². The van der Waals surface area contributed by atoms with E-state index in [2.05, 4.69) is 46.4 Å². The quantitative estimate of drug-likeness (QED) is 0.314. The molecule has 0 atom stereocenters. The van der Waals surface area contributed by atoms with Crippen molar-refractivity contribution in [3.8, 4) is 0 Å². The summed E-state index contributed by atoms with van der Waals surface area (Å²) in [6, 6.07) is 0. The molecule has 7 nitrogen and oxygen atoms in total. The minimum atomic E-state index is -2.24. The monoisotopic (exact) mass is 596 g/mol. The van der Waals surface area contributed by atoms with Crippen molar-refractivity contribution in [2.45, 2.75) is 41.5 Å². The van der Waals surface area contributed by atoms with Gasteiger partial charge in [-0.2, -0.15) is 0 Å². The molecule has 3 rings (SSSR count). The number of hydrogen-bond donors (Lipinski definition) is 3. The molecule has 3 aliphatic rings. The third kappa shape index (κ3) is 9.67. The van der Waals surface area contributed by atoms with Crippen molar-refractivity contribution in [2.24, 2.45) is 32.8 Å². The van der Waals surface area contributed by atoms with Crippen LogP contribution in [0.4, 0.5) is 0 Å². The average Bonchev–Trinajstić information content (AvgIpc) is 2.75. The SMILES string of the molecule is CC1(C)CO[PH](N)(CCN(CC[PH]2(N)OCC(C)(C)CS2)CC[PH]2(N)OCC(C)(C)CS2)SC1. The third-order valence-corrected chi connectivity index (χ3v) is 24.1. The van der Waals surface area contributed by atoms with Crippen molar-refractivity contribution in [2.75, 3.05) is 75.2 Å². The second kappa shape index (κ2) is 11.7. The molecule has 0 amide bonds. The first kappa shape index (κ1) is 30.6. The topological polar surface area (TPSA) is 109 Å². The van der Waals surface area contributed by atoms with E-state index in [-0.39, 0.29) is 16.2 Å². The molecule has 206 valence electrons. The van der Waals surface area contributed by atoms with Crippen molar-refractivity contribution >= 4 is 54.7 Å². The van der Waals surface area contributed by atoms with Gasteiger partial charge in [-0.15, -0.1) is 0 Å². The van der Waals surface area contributed by atoms with E-state index < -0.39 is 20.5 Å². The fraction of sp³-hybridized carbons (Fsp3) is 1.00. The van der Waals surface area contributed by atoms with E-state index in [1.807, 2.05) is 34.1 Å². The van der Waals surface area contributed by atoms with E-state index in [9.17, 15) is 0 Å². The summed E-state index contributed by atoms with van der Waals surface area (Å²) < 4.78 is 18.8. The minimum absolute atomic E-state index is 0.210. The molecular formula is C21H51N4O3P3S3. The summed E-state index contributed by atoms with van der Waals surface area (Å²) in [5.41, 5.74) is 21.0. The zero-order valence-corrected chi connectivity index (χ0v) is 27.6. The predicted molar refractivity (Wildman–Crippen MR) is 165 cm³/mol. The van der Waals surface area contributed by atoms with E-state index >= 15 is 0 Å². The summed E-state index contributed by atoms with van der Waals surface area (Å²) in [6.07, 6.45) is 2.77. The fourth-order valence-electron chi connectivity index (χ4n) is 3.87. The molecule has 0 aromatic heterocycles. The normalized spacial score (nSPS) is 31.9. The van der Waals surface area contributed by atoms with Crippen LogP contribution in [0, 0.1) is 16.2 Å². The van der Waals surface area contributed by atoms with Gasteiger partial charge in [-0.3, -0.25) is 0 Å². The van der Waals surface area contributed by atoms with E-state index in [1.165, 1.54) is 0 Å². The fourth-order valence-corrected chi connectivity index (χ4v) is 20.0. The first-order chi connectivity index (χ1) is 15.5. The van der Waals surface area contributed by atoms with Crippen molar-refractivity contribution < 1.29 is 13.6 Å². The van der Waals surface area contributed by atoms with Crippen LogP contribution < -0.4 is 16.5 Å². The Morgan fingerprint density at radius 2 is 0.853 bits per heavy atom. The van der Waals surface area contributed by atoms with E-state index in [4.69, 9.17) is 30.1 Å². The Balaban J connectivity index is 1.57. The Bertz CT molecular complexity index is 585. The van der Waals surface area contributed by atoms with Crippen LogP contribution in [0.3, 0.4) is 0 Å². The molecule has 0 aromatic carbocycles. The third-order valence-electron chi connectivity index (χ3n) is 6.57. The Morgan fingerprint density at radius 3 is 1.06 bits per heavy atom. The molecule has 6 N–H and O–H groups in total. The van der Waals surface area contributed by atoms with Crippen LogP contribution in [0.15, 0.2) is 0 Å². The molecule has 3 fully saturated rings. The average molecular weight is 597 g/mol. The van der Waals surface area contributed by atoms with Crippen LogP contribution in [0.25, 0.3) is 0 Å². The summed E-state index contributed by atoms with van der Waals surface area (Å²) in [6.45, 7) is 11.9. The van der Waals surface area contributed by atoms with Gasteiger partial charge in [0, 0.05) is 0 Å². The molecule has 0 aromatic rings. The molecule has 0 unspecified atom stereocenters. The molecule has 0 spiro atoms. The van der Waals surface area contributed by atoms with Crippen LogP contribution >= 0.6 is 54.7 Å². The molecule has 3 aliphatic heterocycles. The second-order valence-electron chi connectivity index (χ2n) is 12.8. The van der Waals surface area contributed by atoms with Crippen molar-refractivity contribution in [1.29, 1.82) is 0 Å². The summed E-state index contributed by atoms with van der Waals surface area (Å²) in [5, 5.41) is 0. The van der Waals surface area contributed by atoms with Crippen molar-refractivity contribution in [3.63, 3.8) is 0 Å². The Labute approximate surface area is 221 Å². The van der Waals surface area contributed by atoms with Gasteiger partial charge < -0.3 is 0 Å². The zero-order chi connectivity index (χ0) is 25.3. The van der Waals surface area contributed by atoms with Gasteiger partial charge in [-0.25, -0.2) is 0 Å². The predicted octanol–water partition coefficient (Wildman–Crippen LogP) is 5.02. The van der Waals surface area contributed by atoms with Gasteiger partial charge in [-0.05, 0) is 0 Å². The molecule has 34 heavy (non-hydrogen) atoms. The van der Waals surface area contributed by atoms with Gasteiger partial charge in [0.05, 0.1) is 0 Å². The number of hydrogen-bond acceptors (Lipinski definition) is 10. The van der Waals surface area contributed by atoms with Crippen LogP contribution in [0.1, 0.15) is 41.5 Å². The standard InChI is InChI=1S/C21H51N4O3P3S3/c1-19(2)13-26-29(22,32-16-19)10-7-25(8-11-30(23)27-14-20(3,4)17-33-30)9-12-31(24)28-15-21(5,6)18-34-31/h29-31H,7-18,22-24H2,1-6H3. The van der Waals surface area contributed by atoms with Crippen LogP contribution in [-0.4, -0.2) is 80.1 Å². The maximum absolute atomic E-state index is 6.78. The summed E-state index contributed by atoms with van der Waals surface area (Å²) >= 11 is 5.65. The van der Waals surface area contributed by atoms with E-state index in [0.717, 1.165) is 75.2 Å². The second-order valence-corrected chi connectivity index (χ2v) is 30.5. The Morgan fingerprint density at radius 1 is 0.588 bits per heavy atom. The van der Waals surface area contributed by atoms with Gasteiger partial charge in [0.25, 0.3) is 0 Å². The number of rotatable bonds is 9. The van der Waals surface area contributed by atoms with Gasteiger partial charge in [0.1, 0.15) is 0 Å². The summed E-state index contributed by atoms with van der Waals surface area (Å²) in [7, 11) is 0. The summed E-state index contributed by atoms with van der Waals surface area (Å²) in [5.74, 6) is 3.23. The van der Waals surface area contributed by atoms with Crippen LogP contribution in [0.2, 0.25) is 0 Å². The van der Waals surface area contributed by atoms with Gasteiger partial charge in [-0.1, -0.05) is 0 Å². The van der Waals surface area contributed by atoms with Gasteiger partial charge in [0.2, 0.25) is 0 Å². The molecule has 0 saturated carbocycles. The Hall–Kier alpha value is 2.06. The van der Waals surface area contributed by atoms with Gasteiger partial charge in [0.15, 0.2) is 0 Å². The first-order valence-electron chi connectivity index (χ1n) is 12.5. The van der Waals surface area contributed by atoms with E-state index in [0.29, 0.717) is 0 Å². The first-order valence-corrected chi connectivity index (χ1v) is 24.2. The molecule has 3 saturated heterocycles. The van der Waals surface area contributed by atoms with Crippen LogP contribution in [0.5, 0.6) is 0 Å². The van der Waals surface area contributed by atoms with Crippen molar-refractivity contribution in [3.05, 3.63) is 0 Å². The molecule has 13 heteroatoms. The zero-order valence-electron chi connectivity index (χ0n) is 22.1. The molecule has 0 radical (unpaired) electrons. The number of nitrogens with zero attached hydrogens (tertiary/aromatic N) is 1.